The Morgan fingerprint density at radius 1 is 1.21 bits per heavy atom. The van der Waals surface area contributed by atoms with Crippen LogP contribution < -0.4 is 5.32 Å². The third kappa shape index (κ3) is 3.13. The Bertz CT molecular complexity index is 623. The molecular weight excluding hydrogens is 244 g/mol. The van der Waals surface area contributed by atoms with E-state index in [-0.39, 0.29) is 0 Å². The summed E-state index contributed by atoms with van der Waals surface area (Å²) in [5.74, 6) is -1.67. The normalized spacial score (nSPS) is 11.3. The molecule has 0 bridgehead atoms. The third-order valence-electron chi connectivity index (χ3n) is 2.42. The number of carbonyl (C=O) groups excluding carboxylic acids is 2. The Kier molecular flexibility index (Phi) is 3.29. The van der Waals surface area contributed by atoms with E-state index in [2.05, 4.69) is 10.3 Å². The summed E-state index contributed by atoms with van der Waals surface area (Å²) in [6, 6.07) is 7.49. The van der Waals surface area contributed by atoms with Gasteiger partial charge >= 0.3 is 11.9 Å². The number of ether oxygens (including phenoxy) is 1. The summed E-state index contributed by atoms with van der Waals surface area (Å²) in [7, 11) is 0. The van der Waals surface area contributed by atoms with Crippen LogP contribution in [0.25, 0.3) is 10.9 Å². The van der Waals surface area contributed by atoms with Gasteiger partial charge in [0.2, 0.25) is 0 Å². The standard InChI is InChI=1S/C14H16N2O3/c1-14(2,3)19-13(18)12(17)16-11-8-15-10-7-5-4-6-9(10)11/h4-8,15H,1-3H3,(H,16,17). The van der Waals surface area contributed by atoms with Crippen LogP contribution in [-0.4, -0.2) is 22.5 Å². The van der Waals surface area contributed by atoms with Crippen LogP contribution in [0, 0.1) is 0 Å². The lowest BCUT2D eigenvalue weighted by molar-refractivity contribution is -0.161. The quantitative estimate of drug-likeness (QED) is 0.611. The van der Waals surface area contributed by atoms with Gasteiger partial charge in [0.25, 0.3) is 0 Å². The van der Waals surface area contributed by atoms with Crippen molar-refractivity contribution in [2.45, 2.75) is 26.4 Å². The number of carbonyl (C=O) groups is 2. The highest BCUT2D eigenvalue weighted by Gasteiger charge is 2.23. The average Bonchev–Trinajstić information content (AvgIpc) is 2.70. The molecule has 19 heavy (non-hydrogen) atoms. The van der Waals surface area contributed by atoms with Crippen molar-refractivity contribution in [3.05, 3.63) is 30.5 Å². The van der Waals surface area contributed by atoms with Crippen molar-refractivity contribution in [2.75, 3.05) is 5.32 Å². The number of rotatable bonds is 1. The number of hydrogen-bond acceptors (Lipinski definition) is 3. The fraction of sp³-hybridized carbons (Fsp3) is 0.286. The van der Waals surface area contributed by atoms with E-state index < -0.39 is 17.5 Å². The predicted octanol–water partition coefficient (Wildman–Crippen LogP) is 2.45. The molecule has 0 aliphatic rings. The van der Waals surface area contributed by atoms with Crippen LogP contribution in [0.4, 0.5) is 5.69 Å². The number of aromatic amines is 1. The minimum atomic E-state index is -0.891. The molecule has 0 radical (unpaired) electrons. The SMILES string of the molecule is CC(C)(C)OC(=O)C(=O)Nc1c[nH]c2ccccc12. The number of benzene rings is 1. The van der Waals surface area contributed by atoms with Crippen molar-refractivity contribution >= 4 is 28.5 Å². The Labute approximate surface area is 110 Å². The molecule has 0 saturated heterocycles. The zero-order valence-electron chi connectivity index (χ0n) is 11.1. The number of hydrogen-bond donors (Lipinski definition) is 2. The zero-order chi connectivity index (χ0) is 14.0. The largest absolute Gasteiger partial charge is 0.453 e. The van der Waals surface area contributed by atoms with Gasteiger partial charge < -0.3 is 15.0 Å². The summed E-state index contributed by atoms with van der Waals surface area (Å²) in [4.78, 5) is 26.3. The van der Waals surface area contributed by atoms with Crippen LogP contribution in [0.2, 0.25) is 0 Å². The number of para-hydroxylation sites is 1. The van der Waals surface area contributed by atoms with E-state index >= 15 is 0 Å². The lowest BCUT2D eigenvalue weighted by atomic mass is 10.2. The van der Waals surface area contributed by atoms with Crippen LogP contribution in [0.5, 0.6) is 0 Å². The van der Waals surface area contributed by atoms with E-state index in [9.17, 15) is 9.59 Å². The first kappa shape index (κ1) is 13.1. The second-order valence-electron chi connectivity index (χ2n) is 5.20. The maximum absolute atomic E-state index is 11.7. The van der Waals surface area contributed by atoms with E-state index in [0.717, 1.165) is 10.9 Å². The molecule has 0 aliphatic heterocycles. The molecule has 0 unspecified atom stereocenters. The summed E-state index contributed by atoms with van der Waals surface area (Å²) in [6.07, 6.45) is 1.65. The lowest BCUT2D eigenvalue weighted by Gasteiger charge is -2.18. The van der Waals surface area contributed by atoms with E-state index in [4.69, 9.17) is 4.74 Å². The molecule has 1 heterocycles. The molecule has 0 fully saturated rings. The van der Waals surface area contributed by atoms with Crippen molar-refractivity contribution in [3.8, 4) is 0 Å². The smallest absolute Gasteiger partial charge is 0.397 e. The molecule has 0 saturated carbocycles. The molecule has 1 aromatic carbocycles. The Morgan fingerprint density at radius 2 is 1.89 bits per heavy atom. The summed E-state index contributed by atoms with van der Waals surface area (Å²) in [6.45, 7) is 5.14. The van der Waals surface area contributed by atoms with Gasteiger partial charge in [-0.15, -0.1) is 0 Å². The Balaban J connectivity index is 2.13. The van der Waals surface area contributed by atoms with Crippen molar-refractivity contribution in [1.82, 2.24) is 4.98 Å². The maximum Gasteiger partial charge on any atom is 0.397 e. The van der Waals surface area contributed by atoms with Crippen LogP contribution in [-0.2, 0) is 14.3 Å². The predicted molar refractivity (Wildman–Crippen MR) is 72.8 cm³/mol. The molecule has 100 valence electrons. The summed E-state index contributed by atoms with van der Waals surface area (Å²) < 4.78 is 5.00. The van der Waals surface area contributed by atoms with Gasteiger partial charge in [-0.25, -0.2) is 4.79 Å². The summed E-state index contributed by atoms with van der Waals surface area (Å²) in [5, 5.41) is 3.39. The molecule has 0 aliphatic carbocycles. The molecule has 0 atom stereocenters. The minimum Gasteiger partial charge on any atom is -0.453 e. The van der Waals surface area contributed by atoms with Gasteiger partial charge in [0.1, 0.15) is 5.60 Å². The van der Waals surface area contributed by atoms with Gasteiger partial charge in [-0.2, -0.15) is 0 Å². The minimum absolute atomic E-state index is 0.562. The Morgan fingerprint density at radius 3 is 2.58 bits per heavy atom. The second-order valence-corrected chi connectivity index (χ2v) is 5.20. The molecule has 1 aromatic heterocycles. The second kappa shape index (κ2) is 4.76. The highest BCUT2D eigenvalue weighted by molar-refractivity contribution is 6.38. The molecule has 1 amide bonds. The molecule has 0 spiro atoms. The van der Waals surface area contributed by atoms with Gasteiger partial charge in [0, 0.05) is 17.1 Å². The van der Waals surface area contributed by atoms with E-state index in [1.807, 2.05) is 24.3 Å². The van der Waals surface area contributed by atoms with Crippen molar-refractivity contribution in [3.63, 3.8) is 0 Å². The van der Waals surface area contributed by atoms with Crippen molar-refractivity contribution in [1.29, 1.82) is 0 Å². The molecular formula is C14H16N2O3. The molecule has 2 N–H and O–H groups in total. The topological polar surface area (TPSA) is 71.2 Å². The maximum atomic E-state index is 11.7. The first-order valence-corrected chi connectivity index (χ1v) is 5.97. The molecule has 5 nitrogen and oxygen atoms in total. The van der Waals surface area contributed by atoms with E-state index in [1.54, 1.807) is 27.0 Å². The van der Waals surface area contributed by atoms with Crippen LogP contribution in [0.1, 0.15) is 20.8 Å². The third-order valence-corrected chi connectivity index (χ3v) is 2.42. The molecule has 5 heteroatoms. The van der Waals surface area contributed by atoms with E-state index in [1.165, 1.54) is 0 Å². The monoisotopic (exact) mass is 260 g/mol. The fourth-order valence-corrected chi connectivity index (χ4v) is 1.67. The molecule has 2 aromatic rings. The van der Waals surface area contributed by atoms with E-state index in [0.29, 0.717) is 5.69 Å². The summed E-state index contributed by atoms with van der Waals surface area (Å²) in [5.41, 5.74) is 0.766. The Hall–Kier alpha value is -2.30. The van der Waals surface area contributed by atoms with Crippen LogP contribution in [0.3, 0.4) is 0 Å². The number of nitrogens with one attached hydrogen (secondary N) is 2. The fourth-order valence-electron chi connectivity index (χ4n) is 1.67. The van der Waals surface area contributed by atoms with Gasteiger partial charge in [-0.3, -0.25) is 4.79 Å². The molecule has 2 rings (SSSR count). The van der Waals surface area contributed by atoms with Gasteiger partial charge in [-0.1, -0.05) is 18.2 Å². The van der Waals surface area contributed by atoms with Gasteiger partial charge in [0.05, 0.1) is 5.69 Å². The number of esters is 1. The van der Waals surface area contributed by atoms with Crippen molar-refractivity contribution in [2.24, 2.45) is 0 Å². The zero-order valence-corrected chi connectivity index (χ0v) is 11.1. The lowest BCUT2D eigenvalue weighted by Crippen LogP contribution is -2.32. The summed E-state index contributed by atoms with van der Waals surface area (Å²) >= 11 is 0. The first-order chi connectivity index (χ1) is 8.87. The van der Waals surface area contributed by atoms with Crippen LogP contribution in [0.15, 0.2) is 30.5 Å². The number of fused-ring (bicyclic) bond motifs is 1. The van der Waals surface area contributed by atoms with Gasteiger partial charge in [-0.05, 0) is 26.8 Å². The van der Waals surface area contributed by atoms with Crippen molar-refractivity contribution < 1.29 is 14.3 Å². The highest BCUT2D eigenvalue weighted by atomic mass is 16.6. The number of amides is 1. The van der Waals surface area contributed by atoms with Gasteiger partial charge in [0.15, 0.2) is 0 Å². The highest BCUT2D eigenvalue weighted by Crippen LogP contribution is 2.22. The number of aromatic nitrogens is 1. The number of H-pyrrole nitrogens is 1. The first-order valence-electron chi connectivity index (χ1n) is 5.97. The van der Waals surface area contributed by atoms with Crippen LogP contribution >= 0.6 is 0 Å². The number of anilines is 1. The average molecular weight is 260 g/mol.